The Morgan fingerprint density at radius 1 is 1.32 bits per heavy atom. The molecule has 22 heavy (non-hydrogen) atoms. The zero-order chi connectivity index (χ0) is 16.7. The minimum atomic E-state index is -1.07. The van der Waals surface area contributed by atoms with Crippen LogP contribution in [0.3, 0.4) is 0 Å². The number of aliphatic carboxylic acids is 1. The van der Waals surface area contributed by atoms with Crippen molar-refractivity contribution in [3.63, 3.8) is 0 Å². The highest BCUT2D eigenvalue weighted by Crippen LogP contribution is 2.51. The molecule has 0 aliphatic heterocycles. The van der Waals surface area contributed by atoms with Gasteiger partial charge in [-0.15, -0.1) is 0 Å². The van der Waals surface area contributed by atoms with E-state index >= 15 is 0 Å². The largest absolute Gasteiger partial charge is 0.550 e. The molecule has 0 bridgehead atoms. The van der Waals surface area contributed by atoms with E-state index in [0.29, 0.717) is 17.7 Å². The second kappa shape index (κ2) is 5.75. The average molecular weight is 303 g/mol. The van der Waals surface area contributed by atoms with Gasteiger partial charge in [-0.3, -0.25) is 4.79 Å². The molecule has 1 aliphatic rings. The van der Waals surface area contributed by atoms with Gasteiger partial charge in [0.1, 0.15) is 5.75 Å². The number of ketones is 1. The Labute approximate surface area is 131 Å². The van der Waals surface area contributed by atoms with Crippen molar-refractivity contribution in [3.8, 4) is 5.75 Å². The highest BCUT2D eigenvalue weighted by molar-refractivity contribution is 6.01. The van der Waals surface area contributed by atoms with Crippen LogP contribution in [0.1, 0.15) is 43.1 Å². The minimum Gasteiger partial charge on any atom is -0.550 e. The average Bonchev–Trinajstić information content (AvgIpc) is 2.69. The van der Waals surface area contributed by atoms with Gasteiger partial charge in [0.25, 0.3) is 0 Å². The summed E-state index contributed by atoms with van der Waals surface area (Å²) in [5, 5.41) is 11.4. The number of carboxylic acids is 1. The quantitative estimate of drug-likeness (QED) is 0.800. The van der Waals surface area contributed by atoms with Gasteiger partial charge in [-0.2, -0.15) is 0 Å². The van der Waals surface area contributed by atoms with E-state index in [0.717, 1.165) is 5.56 Å². The highest BCUT2D eigenvalue weighted by Gasteiger charge is 2.50. The van der Waals surface area contributed by atoms with Crippen LogP contribution in [-0.4, -0.2) is 18.9 Å². The third-order valence-corrected chi connectivity index (χ3v) is 5.41. The fraction of sp³-hybridized carbons (Fsp3) is 0.556. The van der Waals surface area contributed by atoms with Crippen LogP contribution >= 0.6 is 0 Å². The number of aryl methyl sites for hydroxylation is 1. The number of benzene rings is 1. The van der Waals surface area contributed by atoms with Crippen LogP contribution in [0.15, 0.2) is 18.2 Å². The van der Waals surface area contributed by atoms with Crippen molar-refractivity contribution in [2.45, 2.75) is 34.1 Å². The molecule has 0 unspecified atom stereocenters. The molecule has 3 atom stereocenters. The van der Waals surface area contributed by atoms with Gasteiger partial charge in [0.05, 0.1) is 12.7 Å². The third-order valence-electron chi connectivity index (χ3n) is 5.41. The molecule has 2 rings (SSSR count). The molecule has 1 aromatic carbocycles. The van der Waals surface area contributed by atoms with Gasteiger partial charge in [-0.25, -0.2) is 0 Å². The Morgan fingerprint density at radius 3 is 2.45 bits per heavy atom. The highest BCUT2D eigenvalue weighted by atomic mass is 16.5. The van der Waals surface area contributed by atoms with Gasteiger partial charge in [0.2, 0.25) is 0 Å². The van der Waals surface area contributed by atoms with E-state index in [1.54, 1.807) is 6.07 Å². The zero-order valence-corrected chi connectivity index (χ0v) is 13.8. The van der Waals surface area contributed by atoms with Crippen molar-refractivity contribution in [1.29, 1.82) is 0 Å². The van der Waals surface area contributed by atoms with Crippen molar-refractivity contribution in [2.75, 3.05) is 7.11 Å². The normalized spacial score (nSPS) is 26.7. The van der Waals surface area contributed by atoms with Crippen molar-refractivity contribution in [1.82, 2.24) is 0 Å². The topological polar surface area (TPSA) is 66.4 Å². The summed E-state index contributed by atoms with van der Waals surface area (Å²) < 4.78 is 5.29. The summed E-state index contributed by atoms with van der Waals surface area (Å²) in [6, 6.07) is 5.48. The Balaban J connectivity index is 2.39. The molecule has 0 aromatic heterocycles. The lowest BCUT2D eigenvalue weighted by atomic mass is 9.74. The summed E-state index contributed by atoms with van der Waals surface area (Å²) in [7, 11) is 1.54. The summed E-state index contributed by atoms with van der Waals surface area (Å²) in [5.41, 5.74) is 1.05. The first-order chi connectivity index (χ1) is 10.2. The third kappa shape index (κ3) is 2.62. The van der Waals surface area contributed by atoms with E-state index in [2.05, 4.69) is 0 Å². The number of hydrogen-bond acceptors (Lipinski definition) is 4. The Morgan fingerprint density at radius 2 is 1.95 bits per heavy atom. The van der Waals surface area contributed by atoms with E-state index in [1.807, 2.05) is 39.8 Å². The summed E-state index contributed by atoms with van der Waals surface area (Å²) in [5.74, 6) is -1.53. The maximum Gasteiger partial charge on any atom is 0.169 e. The van der Waals surface area contributed by atoms with Crippen LogP contribution in [0.5, 0.6) is 5.75 Å². The van der Waals surface area contributed by atoms with Gasteiger partial charge >= 0.3 is 0 Å². The molecule has 1 fully saturated rings. The van der Waals surface area contributed by atoms with Crippen molar-refractivity contribution in [3.05, 3.63) is 29.3 Å². The van der Waals surface area contributed by atoms with Crippen LogP contribution in [0.2, 0.25) is 0 Å². The van der Waals surface area contributed by atoms with Crippen molar-refractivity contribution in [2.24, 2.45) is 23.2 Å². The van der Waals surface area contributed by atoms with Crippen molar-refractivity contribution >= 4 is 11.8 Å². The summed E-state index contributed by atoms with van der Waals surface area (Å²) in [4.78, 5) is 24.3. The van der Waals surface area contributed by atoms with E-state index < -0.39 is 17.3 Å². The second-order valence-electron chi connectivity index (χ2n) is 6.89. The lowest BCUT2D eigenvalue weighted by Gasteiger charge is -2.32. The number of hydrogen-bond donors (Lipinski definition) is 0. The van der Waals surface area contributed by atoms with E-state index in [4.69, 9.17) is 4.74 Å². The number of carbonyl (C=O) groups is 2. The van der Waals surface area contributed by atoms with Gasteiger partial charge in [0.15, 0.2) is 5.78 Å². The molecule has 0 amide bonds. The molecule has 1 aliphatic carbocycles. The minimum absolute atomic E-state index is 0.0341. The Bertz CT molecular complexity index is 603. The van der Waals surface area contributed by atoms with Gasteiger partial charge < -0.3 is 14.6 Å². The van der Waals surface area contributed by atoms with Crippen LogP contribution in [0, 0.1) is 30.1 Å². The number of Topliss-reactive ketones (excluding diaryl/α,β-unsaturated/α-hetero) is 1. The number of carboxylic acid groups (broad SMARTS) is 1. The second-order valence-corrected chi connectivity index (χ2v) is 6.89. The van der Waals surface area contributed by atoms with Gasteiger partial charge in [-0.05, 0) is 36.8 Å². The molecule has 4 heteroatoms. The van der Waals surface area contributed by atoms with Crippen molar-refractivity contribution < 1.29 is 19.4 Å². The summed E-state index contributed by atoms with van der Waals surface area (Å²) >= 11 is 0. The van der Waals surface area contributed by atoms with Gasteiger partial charge in [0, 0.05) is 17.8 Å². The van der Waals surface area contributed by atoms with Gasteiger partial charge in [-0.1, -0.05) is 32.4 Å². The molecule has 0 saturated heterocycles. The first-order valence-corrected chi connectivity index (χ1v) is 7.59. The SMILES string of the molecule is COc1ccc(C)cc1C(=O)[C@H]1C[C@H](C(=O)[O-])C(C)(C)[C@@H]1C. The maximum atomic E-state index is 13.0. The first-order valence-electron chi connectivity index (χ1n) is 7.59. The number of ether oxygens (including phenoxy) is 1. The number of methoxy groups -OCH3 is 1. The fourth-order valence-corrected chi connectivity index (χ4v) is 3.55. The monoisotopic (exact) mass is 303 g/mol. The summed E-state index contributed by atoms with van der Waals surface area (Å²) in [6.45, 7) is 7.67. The first kappa shape index (κ1) is 16.5. The number of carbonyl (C=O) groups excluding carboxylic acids is 2. The standard InChI is InChI=1S/C18H24O4/c1-10-6-7-15(22-5)13(8-10)16(19)12-9-14(17(20)21)18(3,4)11(12)2/h6-8,11-12,14H,9H2,1-5H3,(H,20,21)/p-1/t11-,12+,14-/m1/s1. The molecule has 0 heterocycles. The molecular formula is C18H23O4-. The number of rotatable bonds is 4. The molecular weight excluding hydrogens is 280 g/mol. The van der Waals surface area contributed by atoms with Crippen LogP contribution in [0.25, 0.3) is 0 Å². The molecule has 0 spiro atoms. The predicted molar refractivity (Wildman–Crippen MR) is 81.6 cm³/mol. The smallest absolute Gasteiger partial charge is 0.169 e. The predicted octanol–water partition coefficient (Wildman–Crippen LogP) is 2.23. The maximum absolute atomic E-state index is 13.0. The lowest BCUT2D eigenvalue weighted by molar-refractivity contribution is -0.314. The molecule has 120 valence electrons. The zero-order valence-electron chi connectivity index (χ0n) is 13.8. The molecule has 0 N–H and O–H groups in total. The molecule has 0 radical (unpaired) electrons. The van der Waals surface area contributed by atoms with Crippen LogP contribution < -0.4 is 9.84 Å². The lowest BCUT2D eigenvalue weighted by Crippen LogP contribution is -2.38. The molecule has 1 aromatic rings. The molecule has 4 nitrogen and oxygen atoms in total. The van der Waals surface area contributed by atoms with Crippen LogP contribution in [0.4, 0.5) is 0 Å². The molecule has 1 saturated carbocycles. The Kier molecular flexibility index (Phi) is 4.32. The van der Waals surface area contributed by atoms with Crippen LogP contribution in [-0.2, 0) is 4.79 Å². The fourth-order valence-electron chi connectivity index (χ4n) is 3.55. The summed E-state index contributed by atoms with van der Waals surface area (Å²) in [6.07, 6.45) is 0.326. The van der Waals surface area contributed by atoms with E-state index in [-0.39, 0.29) is 17.6 Å². The van der Waals surface area contributed by atoms with E-state index in [9.17, 15) is 14.7 Å². The van der Waals surface area contributed by atoms with E-state index in [1.165, 1.54) is 7.11 Å². The Hall–Kier alpha value is -1.84.